The van der Waals surface area contributed by atoms with E-state index in [0.717, 1.165) is 0 Å². The zero-order valence-corrected chi connectivity index (χ0v) is 13.9. The van der Waals surface area contributed by atoms with E-state index in [1.54, 1.807) is 24.3 Å². The number of anilines is 2. The maximum atomic E-state index is 11.9. The Labute approximate surface area is 128 Å². The first-order valence-electron chi connectivity index (χ1n) is 6.60. The fourth-order valence-corrected chi connectivity index (χ4v) is 1.51. The van der Waals surface area contributed by atoms with E-state index in [2.05, 4.69) is 26.6 Å². The summed E-state index contributed by atoms with van der Waals surface area (Å²) >= 11 is 3.30. The predicted octanol–water partition coefficient (Wildman–Crippen LogP) is 3.78. The van der Waals surface area contributed by atoms with Crippen molar-refractivity contribution in [2.24, 2.45) is 5.41 Å². The normalized spacial score (nSPS) is 12.7. The van der Waals surface area contributed by atoms with E-state index in [1.165, 1.54) is 0 Å². The summed E-state index contributed by atoms with van der Waals surface area (Å²) < 4.78 is 0. The van der Waals surface area contributed by atoms with Crippen LogP contribution in [0.1, 0.15) is 34.1 Å². The third-order valence-electron chi connectivity index (χ3n) is 2.71. The standard InChI is InChI=1S/C15H21BrN2O2/c1-5-12(16)13(19)17-10-7-6-8-11(9-10)18-14(20)15(2,3)4/h6-9,12H,5H2,1-4H3,(H,17,19)(H,18,20). The molecule has 0 heterocycles. The quantitative estimate of drug-likeness (QED) is 0.819. The maximum Gasteiger partial charge on any atom is 0.238 e. The lowest BCUT2D eigenvalue weighted by atomic mass is 9.95. The van der Waals surface area contributed by atoms with Gasteiger partial charge in [0.25, 0.3) is 0 Å². The predicted molar refractivity (Wildman–Crippen MR) is 86.2 cm³/mol. The Kier molecular flexibility index (Phi) is 5.74. The van der Waals surface area contributed by atoms with Crippen molar-refractivity contribution < 1.29 is 9.59 Å². The number of alkyl halides is 1. The van der Waals surface area contributed by atoms with Crippen LogP contribution in [0.5, 0.6) is 0 Å². The van der Waals surface area contributed by atoms with Crippen molar-refractivity contribution in [3.05, 3.63) is 24.3 Å². The van der Waals surface area contributed by atoms with Crippen molar-refractivity contribution in [1.29, 1.82) is 0 Å². The minimum Gasteiger partial charge on any atom is -0.326 e. The smallest absolute Gasteiger partial charge is 0.238 e. The van der Waals surface area contributed by atoms with E-state index in [4.69, 9.17) is 0 Å². The molecule has 1 aromatic rings. The summed E-state index contributed by atoms with van der Waals surface area (Å²) in [5, 5.41) is 5.64. The Morgan fingerprint density at radius 1 is 1.20 bits per heavy atom. The first-order valence-corrected chi connectivity index (χ1v) is 7.52. The second-order valence-electron chi connectivity index (χ2n) is 5.65. The number of halogens is 1. The van der Waals surface area contributed by atoms with Gasteiger partial charge in [0.2, 0.25) is 11.8 Å². The third kappa shape index (κ3) is 4.96. The Hall–Kier alpha value is -1.36. The topological polar surface area (TPSA) is 58.2 Å². The molecule has 4 nitrogen and oxygen atoms in total. The third-order valence-corrected chi connectivity index (χ3v) is 3.78. The van der Waals surface area contributed by atoms with E-state index < -0.39 is 5.41 Å². The fourth-order valence-electron chi connectivity index (χ4n) is 1.40. The molecule has 0 aromatic heterocycles. The van der Waals surface area contributed by atoms with Crippen molar-refractivity contribution in [3.8, 4) is 0 Å². The van der Waals surface area contributed by atoms with Crippen LogP contribution in [-0.4, -0.2) is 16.6 Å². The molecule has 20 heavy (non-hydrogen) atoms. The van der Waals surface area contributed by atoms with Gasteiger partial charge in [-0.1, -0.05) is 49.7 Å². The SMILES string of the molecule is CCC(Br)C(=O)Nc1cccc(NC(=O)C(C)(C)C)c1. The van der Waals surface area contributed by atoms with Gasteiger partial charge in [0, 0.05) is 16.8 Å². The molecule has 1 rings (SSSR count). The van der Waals surface area contributed by atoms with Crippen molar-refractivity contribution >= 4 is 39.1 Å². The molecule has 0 bridgehead atoms. The van der Waals surface area contributed by atoms with Crippen molar-refractivity contribution in [2.45, 2.75) is 38.9 Å². The van der Waals surface area contributed by atoms with Gasteiger partial charge in [-0.15, -0.1) is 0 Å². The molecule has 2 amide bonds. The summed E-state index contributed by atoms with van der Waals surface area (Å²) in [5.41, 5.74) is 0.882. The first-order chi connectivity index (χ1) is 9.24. The second kappa shape index (κ2) is 6.88. The monoisotopic (exact) mass is 340 g/mol. The highest BCUT2D eigenvalue weighted by atomic mass is 79.9. The van der Waals surface area contributed by atoms with Gasteiger partial charge < -0.3 is 10.6 Å². The Bertz CT molecular complexity index is 495. The van der Waals surface area contributed by atoms with Crippen molar-refractivity contribution in [3.63, 3.8) is 0 Å². The summed E-state index contributed by atoms with van der Waals surface area (Å²) in [6.07, 6.45) is 0.715. The molecule has 1 aromatic carbocycles. The minimum atomic E-state index is -0.456. The first kappa shape index (κ1) is 16.7. The number of amides is 2. The van der Waals surface area contributed by atoms with Crippen molar-refractivity contribution in [1.82, 2.24) is 0 Å². The van der Waals surface area contributed by atoms with E-state index >= 15 is 0 Å². The zero-order valence-electron chi connectivity index (χ0n) is 12.3. The van der Waals surface area contributed by atoms with Gasteiger partial charge in [-0.3, -0.25) is 9.59 Å². The number of nitrogens with one attached hydrogen (secondary N) is 2. The summed E-state index contributed by atoms with van der Waals surface area (Å²) in [5.74, 6) is -0.153. The van der Waals surface area contributed by atoms with Crippen LogP contribution in [0.3, 0.4) is 0 Å². The highest BCUT2D eigenvalue weighted by Crippen LogP contribution is 2.20. The maximum absolute atomic E-state index is 11.9. The molecule has 2 N–H and O–H groups in total. The highest BCUT2D eigenvalue weighted by Gasteiger charge is 2.21. The van der Waals surface area contributed by atoms with Crippen molar-refractivity contribution in [2.75, 3.05) is 10.6 Å². The van der Waals surface area contributed by atoms with Gasteiger partial charge >= 0.3 is 0 Å². The lowest BCUT2D eigenvalue weighted by Crippen LogP contribution is -2.27. The minimum absolute atomic E-state index is 0.0621. The van der Waals surface area contributed by atoms with Crippen LogP contribution in [0.2, 0.25) is 0 Å². The second-order valence-corrected chi connectivity index (χ2v) is 6.76. The summed E-state index contributed by atoms with van der Waals surface area (Å²) in [6, 6.07) is 7.13. The molecule has 1 unspecified atom stereocenters. The van der Waals surface area contributed by atoms with Gasteiger partial charge in [0.15, 0.2) is 0 Å². The van der Waals surface area contributed by atoms with E-state index in [0.29, 0.717) is 17.8 Å². The van der Waals surface area contributed by atoms with E-state index in [-0.39, 0.29) is 16.6 Å². The molecule has 0 spiro atoms. The number of rotatable bonds is 4. The molecular weight excluding hydrogens is 320 g/mol. The molecular formula is C15H21BrN2O2. The Morgan fingerprint density at radius 2 is 1.75 bits per heavy atom. The molecule has 0 aliphatic rings. The molecule has 0 aliphatic carbocycles. The van der Waals surface area contributed by atoms with Gasteiger partial charge in [0.05, 0.1) is 4.83 Å². The molecule has 0 fully saturated rings. The Morgan fingerprint density at radius 3 is 2.25 bits per heavy atom. The summed E-state index contributed by atoms with van der Waals surface area (Å²) in [7, 11) is 0. The van der Waals surface area contributed by atoms with Crippen LogP contribution in [0, 0.1) is 5.41 Å². The molecule has 0 saturated carbocycles. The van der Waals surface area contributed by atoms with Crippen LogP contribution < -0.4 is 10.6 Å². The summed E-state index contributed by atoms with van der Waals surface area (Å²) in [4.78, 5) is 23.5. The molecule has 0 radical (unpaired) electrons. The van der Waals surface area contributed by atoms with Gasteiger partial charge in [-0.25, -0.2) is 0 Å². The molecule has 110 valence electrons. The highest BCUT2D eigenvalue weighted by molar-refractivity contribution is 9.10. The van der Waals surface area contributed by atoms with Crippen LogP contribution >= 0.6 is 15.9 Å². The van der Waals surface area contributed by atoms with Crippen LogP contribution in [0.25, 0.3) is 0 Å². The van der Waals surface area contributed by atoms with Crippen LogP contribution in [-0.2, 0) is 9.59 Å². The largest absolute Gasteiger partial charge is 0.326 e. The fraction of sp³-hybridized carbons (Fsp3) is 0.467. The average molecular weight is 341 g/mol. The zero-order chi connectivity index (χ0) is 15.3. The lowest BCUT2D eigenvalue weighted by Gasteiger charge is -2.18. The number of carbonyl (C=O) groups is 2. The Balaban J connectivity index is 2.76. The average Bonchev–Trinajstić information content (AvgIpc) is 2.37. The van der Waals surface area contributed by atoms with Gasteiger partial charge in [0.1, 0.15) is 0 Å². The van der Waals surface area contributed by atoms with Crippen LogP contribution in [0.4, 0.5) is 11.4 Å². The van der Waals surface area contributed by atoms with Crippen LogP contribution in [0.15, 0.2) is 24.3 Å². The number of benzene rings is 1. The summed E-state index contributed by atoms with van der Waals surface area (Å²) in [6.45, 7) is 7.49. The molecule has 5 heteroatoms. The molecule has 1 atom stereocenters. The lowest BCUT2D eigenvalue weighted by molar-refractivity contribution is -0.123. The van der Waals surface area contributed by atoms with Gasteiger partial charge in [-0.05, 0) is 24.6 Å². The van der Waals surface area contributed by atoms with E-state index in [1.807, 2.05) is 27.7 Å². The van der Waals surface area contributed by atoms with E-state index in [9.17, 15) is 9.59 Å². The van der Waals surface area contributed by atoms with Gasteiger partial charge in [-0.2, -0.15) is 0 Å². The number of carbonyl (C=O) groups excluding carboxylic acids is 2. The molecule has 0 aliphatic heterocycles. The molecule has 0 saturated heterocycles. The number of hydrogen-bond acceptors (Lipinski definition) is 2. The number of hydrogen-bond donors (Lipinski definition) is 2.